The molecule has 8 nitrogen and oxygen atoms in total. The molecule has 0 bridgehead atoms. The van der Waals surface area contributed by atoms with Gasteiger partial charge in [-0.05, 0) is 44.2 Å². The number of ether oxygens (including phenoxy) is 1. The number of pyridine rings is 1. The van der Waals surface area contributed by atoms with Crippen molar-refractivity contribution >= 4 is 52.1 Å². The molecular formula is C24H30N4O4S2. The topological polar surface area (TPSA) is 95.6 Å². The van der Waals surface area contributed by atoms with Crippen LogP contribution in [0.2, 0.25) is 0 Å². The highest BCUT2D eigenvalue weighted by atomic mass is 32.2. The van der Waals surface area contributed by atoms with Crippen molar-refractivity contribution in [2.24, 2.45) is 18.9 Å². The lowest BCUT2D eigenvalue weighted by Gasteiger charge is -2.35. The van der Waals surface area contributed by atoms with Gasteiger partial charge in [0, 0.05) is 32.2 Å². The minimum atomic E-state index is -0.382. The van der Waals surface area contributed by atoms with Crippen LogP contribution in [0.3, 0.4) is 0 Å². The first-order chi connectivity index (χ1) is 16.1. The second-order valence-electron chi connectivity index (χ2n) is 8.91. The number of rotatable bonds is 6. The first kappa shape index (κ1) is 26.0. The Bertz CT molecular complexity index is 1140. The van der Waals surface area contributed by atoms with Crippen LogP contribution in [0.4, 0.5) is 5.82 Å². The van der Waals surface area contributed by atoms with Crippen molar-refractivity contribution in [3.8, 4) is 6.07 Å². The average Bonchev–Trinajstić information content (AvgIpc) is 3.05. The first-order valence-corrected chi connectivity index (χ1v) is 12.6. The number of aromatic nitrogens is 1. The lowest BCUT2D eigenvalue weighted by molar-refractivity contribution is -0.148. The summed E-state index contributed by atoms with van der Waals surface area (Å²) in [5.74, 6) is 0.368. The monoisotopic (exact) mass is 502 g/mol. The molecule has 0 atom stereocenters. The lowest BCUT2D eigenvalue weighted by atomic mass is 9.95. The van der Waals surface area contributed by atoms with Crippen LogP contribution in [0.15, 0.2) is 9.70 Å². The van der Waals surface area contributed by atoms with Crippen LogP contribution in [0.25, 0.3) is 6.08 Å². The number of nitrogens with zero attached hydrogens (tertiary/aromatic N) is 4. The third-order valence-corrected chi connectivity index (χ3v) is 7.46. The molecule has 34 heavy (non-hydrogen) atoms. The number of esters is 1. The number of thiocarbonyl (C=S) groups is 1. The molecule has 0 spiro atoms. The van der Waals surface area contributed by atoms with Gasteiger partial charge in [0.1, 0.15) is 21.8 Å². The van der Waals surface area contributed by atoms with Crippen molar-refractivity contribution in [3.05, 3.63) is 31.9 Å². The molecule has 10 heteroatoms. The summed E-state index contributed by atoms with van der Waals surface area (Å²) in [7, 11) is 1.64. The van der Waals surface area contributed by atoms with Crippen LogP contribution >= 0.6 is 24.0 Å². The zero-order chi connectivity index (χ0) is 25.2. The molecule has 1 amide bonds. The number of thioether (sulfide) groups is 1. The predicted molar refractivity (Wildman–Crippen MR) is 137 cm³/mol. The number of hydrogen-bond donors (Lipinski definition) is 0. The molecule has 182 valence electrons. The van der Waals surface area contributed by atoms with E-state index in [-0.39, 0.29) is 34.8 Å². The standard InChI is InChI=1S/C24H30N4O4S2/c1-6-32-23(31)16-7-9-27(10-8-16)20-17(15(4)18(12-25)21(29)26(20)5)11-19-22(30)28(13-14(2)3)24(33)34-19/h11,14,16H,6-10,13H2,1-5H3. The highest BCUT2D eigenvalue weighted by Crippen LogP contribution is 2.36. The zero-order valence-electron chi connectivity index (χ0n) is 20.2. The minimum Gasteiger partial charge on any atom is -0.466 e. The van der Waals surface area contributed by atoms with Crippen molar-refractivity contribution in [3.63, 3.8) is 0 Å². The summed E-state index contributed by atoms with van der Waals surface area (Å²) >= 11 is 6.67. The fraction of sp³-hybridized carbons (Fsp3) is 0.542. The Balaban J connectivity index is 2.04. The minimum absolute atomic E-state index is 0.0524. The summed E-state index contributed by atoms with van der Waals surface area (Å²) in [5.41, 5.74) is 0.851. The van der Waals surface area contributed by atoms with Gasteiger partial charge >= 0.3 is 5.97 Å². The quantitative estimate of drug-likeness (QED) is 0.332. The van der Waals surface area contributed by atoms with Crippen molar-refractivity contribution in [2.75, 3.05) is 31.1 Å². The van der Waals surface area contributed by atoms with E-state index in [1.165, 1.54) is 16.3 Å². The van der Waals surface area contributed by atoms with E-state index in [1.54, 1.807) is 31.9 Å². The van der Waals surface area contributed by atoms with E-state index in [0.717, 1.165) is 0 Å². The molecule has 0 radical (unpaired) electrons. The van der Waals surface area contributed by atoms with Gasteiger partial charge in [0.15, 0.2) is 0 Å². The maximum atomic E-state index is 13.1. The Morgan fingerprint density at radius 2 is 1.97 bits per heavy atom. The van der Waals surface area contributed by atoms with E-state index in [0.29, 0.717) is 65.3 Å². The third-order valence-electron chi connectivity index (χ3n) is 6.08. The highest BCUT2D eigenvalue weighted by molar-refractivity contribution is 8.26. The van der Waals surface area contributed by atoms with E-state index in [1.807, 2.05) is 24.8 Å². The van der Waals surface area contributed by atoms with Crippen LogP contribution in [0.1, 0.15) is 50.3 Å². The molecule has 2 aliphatic heterocycles. The second kappa shape index (κ2) is 10.7. The zero-order valence-corrected chi connectivity index (χ0v) is 21.8. The van der Waals surface area contributed by atoms with Crippen molar-refractivity contribution in [2.45, 2.75) is 40.5 Å². The van der Waals surface area contributed by atoms with Crippen LogP contribution in [0, 0.1) is 30.1 Å². The fourth-order valence-electron chi connectivity index (χ4n) is 4.34. The van der Waals surface area contributed by atoms with Crippen molar-refractivity contribution < 1.29 is 14.3 Å². The van der Waals surface area contributed by atoms with Crippen molar-refractivity contribution in [1.82, 2.24) is 9.47 Å². The van der Waals surface area contributed by atoms with Crippen LogP contribution in [0.5, 0.6) is 0 Å². The molecule has 0 aliphatic carbocycles. The van der Waals surface area contributed by atoms with Gasteiger partial charge in [-0.15, -0.1) is 0 Å². The summed E-state index contributed by atoms with van der Waals surface area (Å²) in [6.07, 6.45) is 2.95. The first-order valence-electron chi connectivity index (χ1n) is 11.4. The summed E-state index contributed by atoms with van der Waals surface area (Å²) in [4.78, 5) is 42.3. The molecule has 3 heterocycles. The van der Waals surface area contributed by atoms with Gasteiger partial charge in [-0.25, -0.2) is 0 Å². The molecule has 1 aromatic heterocycles. The number of amides is 1. The number of carbonyl (C=O) groups is 2. The normalized spacial score (nSPS) is 18.2. The summed E-state index contributed by atoms with van der Waals surface area (Å²) in [6, 6.07) is 2.02. The Labute approximate surface area is 209 Å². The van der Waals surface area contributed by atoms with Crippen LogP contribution < -0.4 is 10.5 Å². The summed E-state index contributed by atoms with van der Waals surface area (Å²) < 4.78 is 7.14. The van der Waals surface area contributed by atoms with E-state index in [9.17, 15) is 19.6 Å². The number of piperidine rings is 1. The molecule has 0 aromatic carbocycles. The SMILES string of the molecule is CCOC(=O)C1CCN(c2c(C=C3SC(=S)N(CC(C)C)C3=O)c(C)c(C#N)c(=O)n2C)CC1. The van der Waals surface area contributed by atoms with Crippen molar-refractivity contribution in [1.29, 1.82) is 5.26 Å². The van der Waals surface area contributed by atoms with Crippen LogP contribution in [-0.2, 0) is 21.4 Å². The maximum absolute atomic E-state index is 13.1. The van der Waals surface area contributed by atoms with Gasteiger partial charge in [0.05, 0.1) is 17.4 Å². The molecule has 0 unspecified atom stereocenters. The van der Waals surface area contributed by atoms with Crippen LogP contribution in [-0.4, -0.2) is 51.9 Å². The molecule has 3 rings (SSSR count). The van der Waals surface area contributed by atoms with Gasteiger partial charge in [-0.2, -0.15) is 5.26 Å². The third kappa shape index (κ3) is 5.05. The van der Waals surface area contributed by atoms with E-state index >= 15 is 0 Å². The smallest absolute Gasteiger partial charge is 0.309 e. The largest absolute Gasteiger partial charge is 0.466 e. The highest BCUT2D eigenvalue weighted by Gasteiger charge is 2.34. The second-order valence-corrected chi connectivity index (χ2v) is 10.6. The maximum Gasteiger partial charge on any atom is 0.309 e. The molecule has 2 aliphatic rings. The Morgan fingerprint density at radius 1 is 1.32 bits per heavy atom. The molecular weight excluding hydrogens is 472 g/mol. The molecule has 0 N–H and O–H groups in total. The Morgan fingerprint density at radius 3 is 2.53 bits per heavy atom. The van der Waals surface area contributed by atoms with E-state index in [2.05, 4.69) is 0 Å². The van der Waals surface area contributed by atoms with Gasteiger partial charge in [0.25, 0.3) is 11.5 Å². The molecule has 2 saturated heterocycles. The van der Waals surface area contributed by atoms with Gasteiger partial charge in [0.2, 0.25) is 0 Å². The van der Waals surface area contributed by atoms with Gasteiger partial charge in [-0.1, -0.05) is 37.8 Å². The number of nitriles is 1. The lowest BCUT2D eigenvalue weighted by Crippen LogP contribution is -2.40. The number of hydrogen-bond acceptors (Lipinski definition) is 8. The molecule has 0 saturated carbocycles. The van der Waals surface area contributed by atoms with Gasteiger partial charge in [-0.3, -0.25) is 23.9 Å². The molecule has 1 aromatic rings. The average molecular weight is 503 g/mol. The Kier molecular flexibility index (Phi) is 8.21. The fourth-order valence-corrected chi connectivity index (χ4v) is 5.59. The predicted octanol–water partition coefficient (Wildman–Crippen LogP) is 3.20. The molecule has 2 fully saturated rings. The summed E-state index contributed by atoms with van der Waals surface area (Å²) in [6.45, 7) is 9.56. The summed E-state index contributed by atoms with van der Waals surface area (Å²) in [5, 5.41) is 9.64. The van der Waals surface area contributed by atoms with Gasteiger partial charge < -0.3 is 9.64 Å². The number of carbonyl (C=O) groups excluding carboxylic acids is 2. The van der Waals surface area contributed by atoms with E-state index < -0.39 is 0 Å². The van der Waals surface area contributed by atoms with E-state index in [4.69, 9.17) is 17.0 Å². The Hall–Kier alpha value is -2.64. The number of anilines is 1.